The summed E-state index contributed by atoms with van der Waals surface area (Å²) in [7, 11) is 0. The molecule has 1 saturated carbocycles. The minimum Gasteiger partial charge on any atom is -0.300 e. The highest BCUT2D eigenvalue weighted by Gasteiger charge is 2.26. The molecule has 0 bridgehead atoms. The van der Waals surface area contributed by atoms with Crippen molar-refractivity contribution in [3.05, 3.63) is 35.5 Å². The van der Waals surface area contributed by atoms with Crippen molar-refractivity contribution in [2.45, 2.75) is 51.0 Å². The molecule has 1 nitrogen and oxygen atoms in total. The van der Waals surface area contributed by atoms with Crippen molar-refractivity contribution in [3.63, 3.8) is 0 Å². The van der Waals surface area contributed by atoms with E-state index in [1.54, 1.807) is 5.57 Å². The molecule has 1 heterocycles. The summed E-state index contributed by atoms with van der Waals surface area (Å²) in [5.74, 6) is 0. The lowest BCUT2D eigenvalue weighted by Crippen LogP contribution is -2.43. The molecule has 0 N–H and O–H groups in total. The van der Waals surface area contributed by atoms with E-state index in [4.69, 9.17) is 0 Å². The van der Waals surface area contributed by atoms with Gasteiger partial charge in [-0.3, -0.25) is 4.90 Å². The van der Waals surface area contributed by atoms with Gasteiger partial charge in [0.05, 0.1) is 0 Å². The normalized spacial score (nSPS) is 26.6. The fraction of sp³-hybridized carbons (Fsp3) is 0.625. The molecule has 0 amide bonds. The number of piperidine rings is 1. The third-order valence-corrected chi connectivity index (χ3v) is 4.43. The number of nitrogens with zero attached hydrogens (tertiary/aromatic N) is 1. The van der Waals surface area contributed by atoms with Crippen LogP contribution in [0, 0.1) is 0 Å². The van der Waals surface area contributed by atoms with Crippen molar-refractivity contribution in [3.8, 4) is 0 Å². The fourth-order valence-corrected chi connectivity index (χ4v) is 3.05. The molecule has 1 heteroatoms. The molecule has 92 valence electrons. The van der Waals surface area contributed by atoms with Crippen LogP contribution in [0.15, 0.2) is 35.5 Å². The molecule has 0 aromatic rings. The van der Waals surface area contributed by atoms with Gasteiger partial charge in [-0.05, 0) is 44.1 Å². The van der Waals surface area contributed by atoms with Gasteiger partial charge in [0.1, 0.15) is 0 Å². The van der Waals surface area contributed by atoms with E-state index in [1.807, 2.05) is 0 Å². The van der Waals surface area contributed by atoms with Gasteiger partial charge in [0.15, 0.2) is 0 Å². The summed E-state index contributed by atoms with van der Waals surface area (Å²) in [5.41, 5.74) is 3.11. The minimum atomic E-state index is 0.936. The maximum absolute atomic E-state index is 2.71. The van der Waals surface area contributed by atoms with Gasteiger partial charge in [0.2, 0.25) is 0 Å². The molecule has 2 aliphatic carbocycles. The summed E-state index contributed by atoms with van der Waals surface area (Å²) in [5, 5.41) is 0. The quantitative estimate of drug-likeness (QED) is 0.695. The monoisotopic (exact) mass is 229 g/mol. The van der Waals surface area contributed by atoms with E-state index in [9.17, 15) is 0 Å². The topological polar surface area (TPSA) is 3.24 Å². The van der Waals surface area contributed by atoms with E-state index in [2.05, 4.69) is 29.2 Å². The number of allylic oxidation sites excluding steroid dienone is 5. The summed E-state index contributed by atoms with van der Waals surface area (Å²) in [4.78, 5) is 2.71. The maximum Gasteiger partial charge on any atom is 0.00955 e. The van der Waals surface area contributed by atoms with Crippen LogP contribution in [0.2, 0.25) is 0 Å². The Morgan fingerprint density at radius 1 is 1.12 bits per heavy atom. The Morgan fingerprint density at radius 2 is 1.94 bits per heavy atom. The van der Waals surface area contributed by atoms with Crippen molar-refractivity contribution in [1.82, 2.24) is 4.90 Å². The van der Waals surface area contributed by atoms with Gasteiger partial charge >= 0.3 is 0 Å². The first-order valence-electron chi connectivity index (χ1n) is 7.22. The Kier molecular flexibility index (Phi) is 3.46. The number of hydrogen-bond acceptors (Lipinski definition) is 1. The Morgan fingerprint density at radius 3 is 2.53 bits per heavy atom. The first-order chi connectivity index (χ1) is 8.42. The third-order valence-electron chi connectivity index (χ3n) is 4.43. The molecular formula is C16H23N. The molecule has 3 aliphatic rings. The van der Waals surface area contributed by atoms with Gasteiger partial charge in [0, 0.05) is 19.1 Å². The molecule has 1 aliphatic heterocycles. The van der Waals surface area contributed by atoms with E-state index in [0.29, 0.717) is 0 Å². The van der Waals surface area contributed by atoms with Crippen molar-refractivity contribution in [2.75, 3.05) is 13.1 Å². The van der Waals surface area contributed by atoms with Gasteiger partial charge in [-0.1, -0.05) is 36.3 Å². The van der Waals surface area contributed by atoms with Crippen LogP contribution < -0.4 is 0 Å². The van der Waals surface area contributed by atoms with Crippen LogP contribution in [0.3, 0.4) is 0 Å². The van der Waals surface area contributed by atoms with Gasteiger partial charge in [-0.15, -0.1) is 0 Å². The van der Waals surface area contributed by atoms with Crippen LogP contribution in [0.25, 0.3) is 0 Å². The Bertz CT molecular complexity index is 348. The first-order valence-corrected chi connectivity index (χ1v) is 7.22. The molecule has 0 unspecified atom stereocenters. The molecule has 0 spiro atoms. The SMILES string of the molecule is C1=CC(C=C2CCN(C3CCC3)CC2)=CCC1. The average molecular weight is 229 g/mol. The highest BCUT2D eigenvalue weighted by Crippen LogP contribution is 2.29. The van der Waals surface area contributed by atoms with Crippen LogP contribution in [0.1, 0.15) is 44.9 Å². The van der Waals surface area contributed by atoms with Crippen molar-refractivity contribution < 1.29 is 0 Å². The molecule has 3 rings (SSSR count). The summed E-state index contributed by atoms with van der Waals surface area (Å²) in [6.45, 7) is 2.60. The number of likely N-dealkylation sites (tertiary alicyclic amines) is 1. The lowest BCUT2D eigenvalue weighted by molar-refractivity contribution is 0.118. The van der Waals surface area contributed by atoms with Crippen LogP contribution in [0.4, 0.5) is 0 Å². The van der Waals surface area contributed by atoms with E-state index in [1.165, 1.54) is 63.6 Å². The Hall–Kier alpha value is -0.820. The van der Waals surface area contributed by atoms with Crippen molar-refractivity contribution in [2.24, 2.45) is 0 Å². The Balaban J connectivity index is 1.55. The summed E-state index contributed by atoms with van der Waals surface area (Å²) in [6, 6.07) is 0.936. The van der Waals surface area contributed by atoms with Crippen LogP contribution in [-0.2, 0) is 0 Å². The van der Waals surface area contributed by atoms with Crippen LogP contribution >= 0.6 is 0 Å². The first kappa shape index (κ1) is 11.3. The highest BCUT2D eigenvalue weighted by atomic mass is 15.2. The zero-order valence-corrected chi connectivity index (χ0v) is 10.7. The predicted octanol–water partition coefficient (Wildman–Crippen LogP) is 3.84. The predicted molar refractivity (Wildman–Crippen MR) is 73.0 cm³/mol. The zero-order valence-electron chi connectivity index (χ0n) is 10.7. The van der Waals surface area contributed by atoms with Gasteiger partial charge in [0.25, 0.3) is 0 Å². The molecule has 0 atom stereocenters. The van der Waals surface area contributed by atoms with Crippen LogP contribution in [-0.4, -0.2) is 24.0 Å². The summed E-state index contributed by atoms with van der Waals surface area (Å²) in [6.07, 6.45) is 18.8. The van der Waals surface area contributed by atoms with E-state index in [0.717, 1.165) is 6.04 Å². The third kappa shape index (κ3) is 2.71. The van der Waals surface area contributed by atoms with E-state index in [-0.39, 0.29) is 0 Å². The van der Waals surface area contributed by atoms with Crippen LogP contribution in [0.5, 0.6) is 0 Å². The second kappa shape index (κ2) is 5.22. The van der Waals surface area contributed by atoms with E-state index < -0.39 is 0 Å². The van der Waals surface area contributed by atoms with Crippen molar-refractivity contribution >= 4 is 0 Å². The van der Waals surface area contributed by atoms with Gasteiger partial charge in [-0.25, -0.2) is 0 Å². The van der Waals surface area contributed by atoms with Gasteiger partial charge < -0.3 is 0 Å². The minimum absolute atomic E-state index is 0.936. The largest absolute Gasteiger partial charge is 0.300 e. The standard InChI is InChI=1S/C16H23N/c1-2-5-14(6-3-1)13-15-9-11-17(12-10-15)16-7-4-8-16/h2,5-6,13,16H,1,3-4,7-12H2. The molecule has 0 radical (unpaired) electrons. The maximum atomic E-state index is 2.71. The van der Waals surface area contributed by atoms with Crippen molar-refractivity contribution in [1.29, 1.82) is 0 Å². The summed E-state index contributed by atoms with van der Waals surface area (Å²) >= 11 is 0. The lowest BCUT2D eigenvalue weighted by atomic mass is 9.89. The smallest absolute Gasteiger partial charge is 0.00955 e. The average Bonchev–Trinajstić information content (AvgIpc) is 2.31. The molecular weight excluding hydrogens is 206 g/mol. The lowest BCUT2D eigenvalue weighted by Gasteiger charge is -2.40. The molecule has 17 heavy (non-hydrogen) atoms. The Labute approximate surface area is 105 Å². The fourth-order valence-electron chi connectivity index (χ4n) is 3.05. The number of hydrogen-bond donors (Lipinski definition) is 0. The summed E-state index contributed by atoms with van der Waals surface area (Å²) < 4.78 is 0. The van der Waals surface area contributed by atoms with E-state index >= 15 is 0 Å². The highest BCUT2D eigenvalue weighted by molar-refractivity contribution is 5.35. The molecule has 1 saturated heterocycles. The zero-order chi connectivity index (χ0) is 11.5. The second-order valence-electron chi connectivity index (χ2n) is 5.61. The molecule has 0 aromatic heterocycles. The van der Waals surface area contributed by atoms with Gasteiger partial charge in [-0.2, -0.15) is 0 Å². The molecule has 2 fully saturated rings. The second-order valence-corrected chi connectivity index (χ2v) is 5.61. The number of rotatable bonds is 2. The molecule has 0 aromatic carbocycles.